The van der Waals surface area contributed by atoms with Gasteiger partial charge in [-0.1, -0.05) is 48.5 Å². The van der Waals surface area contributed by atoms with E-state index in [0.29, 0.717) is 17.7 Å². The molecule has 3 aromatic rings. The number of aliphatic carboxylic acids is 1. The lowest BCUT2D eigenvalue weighted by Gasteiger charge is -2.29. The fourth-order valence-corrected chi connectivity index (χ4v) is 2.93. The second-order valence-electron chi connectivity index (χ2n) is 8.82. The summed E-state index contributed by atoms with van der Waals surface area (Å²) in [7, 11) is 0. The van der Waals surface area contributed by atoms with Gasteiger partial charge < -0.3 is 30.6 Å². The van der Waals surface area contributed by atoms with Crippen LogP contribution in [-0.2, 0) is 9.53 Å². The molecular weight excluding hydrogens is 446 g/mol. The van der Waals surface area contributed by atoms with E-state index in [1.807, 2.05) is 24.3 Å². The van der Waals surface area contributed by atoms with Gasteiger partial charge in [-0.15, -0.1) is 0 Å². The van der Waals surface area contributed by atoms with Gasteiger partial charge in [-0.25, -0.2) is 14.8 Å². The van der Waals surface area contributed by atoms with Crippen molar-refractivity contribution in [3.8, 4) is 0 Å². The van der Waals surface area contributed by atoms with E-state index < -0.39 is 23.7 Å². The van der Waals surface area contributed by atoms with Crippen molar-refractivity contribution in [2.75, 3.05) is 11.4 Å². The number of hydrogen-bond acceptors (Lipinski definition) is 7. The summed E-state index contributed by atoms with van der Waals surface area (Å²) in [4.78, 5) is 33.4. The lowest BCUT2D eigenvalue weighted by molar-refractivity contribution is -0.420. The molecule has 2 aromatic carbocycles. The number of nitrogens with one attached hydrogen (secondary N) is 1. The molecule has 1 heterocycles. The number of ether oxygens (including phenoxy) is 1. The average Bonchev–Trinajstić information content (AvgIpc) is 2.82. The Morgan fingerprint density at radius 2 is 1.54 bits per heavy atom. The molecule has 0 fully saturated rings. The van der Waals surface area contributed by atoms with Crippen LogP contribution in [0.2, 0.25) is 0 Å². The van der Waals surface area contributed by atoms with Crippen LogP contribution >= 0.6 is 0 Å². The topological polar surface area (TPSA) is 135 Å². The Balaban J connectivity index is 0.000000402. The minimum atomic E-state index is -1.44. The minimum absolute atomic E-state index is 0.129. The van der Waals surface area contributed by atoms with Crippen LogP contribution in [0, 0.1) is 0 Å². The van der Waals surface area contributed by atoms with E-state index >= 15 is 0 Å². The zero-order valence-electron chi connectivity index (χ0n) is 20.5. The second-order valence-corrected chi connectivity index (χ2v) is 8.82. The molecule has 0 aliphatic carbocycles. The number of carbonyl (C=O) groups excluding carboxylic acids is 2. The van der Waals surface area contributed by atoms with Gasteiger partial charge in [0.15, 0.2) is 0 Å². The largest absolute Gasteiger partial charge is 0.548 e. The van der Waals surface area contributed by atoms with Gasteiger partial charge >= 0.3 is 6.09 Å². The van der Waals surface area contributed by atoms with Gasteiger partial charge in [0, 0.05) is 23.6 Å². The molecular formula is C26H33N5O4. The molecule has 9 heteroatoms. The Kier molecular flexibility index (Phi) is 10.2. The maximum absolute atomic E-state index is 12.0. The first-order valence-electron chi connectivity index (χ1n) is 11.2. The minimum Gasteiger partial charge on any atom is -0.548 e. The summed E-state index contributed by atoms with van der Waals surface area (Å²) in [6, 6.07) is 20.0. The van der Waals surface area contributed by atoms with Gasteiger partial charge in [-0.2, -0.15) is 0 Å². The molecule has 0 aliphatic rings. The van der Waals surface area contributed by atoms with Crippen LogP contribution < -0.4 is 21.1 Å². The van der Waals surface area contributed by atoms with Crippen LogP contribution in [0.15, 0.2) is 79.1 Å². The summed E-state index contributed by atoms with van der Waals surface area (Å²) in [5.74, 6) is -1.14. The molecule has 186 valence electrons. The molecule has 0 unspecified atom stereocenters. The SMILES string of the molecule is CC(C)(C)OC(=O)N[C@@H](CN(c1ccccc1)c1ncccn1)C(=O)[O-].C[C@H]([NH3+])c1ccccc1. The third-order valence-corrected chi connectivity index (χ3v) is 4.57. The summed E-state index contributed by atoms with van der Waals surface area (Å²) >= 11 is 0. The number of carboxylic acids is 1. The molecule has 1 amide bonds. The molecule has 3 rings (SSSR count). The average molecular weight is 480 g/mol. The van der Waals surface area contributed by atoms with E-state index in [2.05, 4.69) is 40.1 Å². The summed E-state index contributed by atoms with van der Waals surface area (Å²) in [5.41, 5.74) is 5.14. The quantitative estimate of drug-likeness (QED) is 0.530. The fraction of sp³-hybridized carbons (Fsp3) is 0.308. The summed E-state index contributed by atoms with van der Waals surface area (Å²) in [5, 5.41) is 13.9. The third kappa shape index (κ3) is 9.81. The highest BCUT2D eigenvalue weighted by atomic mass is 16.6. The van der Waals surface area contributed by atoms with Gasteiger partial charge in [0.2, 0.25) is 5.95 Å². The highest BCUT2D eigenvalue weighted by Crippen LogP contribution is 2.21. The number of anilines is 2. The van der Waals surface area contributed by atoms with Crippen molar-refractivity contribution in [1.29, 1.82) is 0 Å². The van der Waals surface area contributed by atoms with E-state index in [1.165, 1.54) is 5.56 Å². The number of benzene rings is 2. The monoisotopic (exact) mass is 479 g/mol. The van der Waals surface area contributed by atoms with Crippen molar-refractivity contribution < 1.29 is 25.2 Å². The Labute approximate surface area is 206 Å². The second kappa shape index (κ2) is 13.0. The summed E-state index contributed by atoms with van der Waals surface area (Å²) in [6.45, 7) is 7.03. The standard InChI is InChI=1S/C18H22N4O4.C8H11N/c1-18(2,3)26-17(25)21-14(15(23)24)12-22(13-8-5-4-6-9-13)16-19-10-7-11-20-16;1-7(9)8-5-3-2-4-6-8/h4-11,14H,12H2,1-3H3,(H,21,25)(H,23,24);2-7H,9H2,1H3/t14-;7-/m00/s1. The summed E-state index contributed by atoms with van der Waals surface area (Å²) < 4.78 is 5.12. The molecule has 0 aliphatic heterocycles. The van der Waals surface area contributed by atoms with Gasteiger partial charge in [-0.3, -0.25) is 0 Å². The van der Waals surface area contributed by atoms with E-state index in [-0.39, 0.29) is 6.54 Å². The number of quaternary nitrogens is 1. The smallest absolute Gasteiger partial charge is 0.408 e. The number of amides is 1. The lowest BCUT2D eigenvalue weighted by atomic mass is 10.1. The van der Waals surface area contributed by atoms with Gasteiger partial charge in [-0.05, 0) is 45.9 Å². The number of para-hydroxylation sites is 1. The zero-order chi connectivity index (χ0) is 25.8. The maximum Gasteiger partial charge on any atom is 0.408 e. The number of aromatic nitrogens is 2. The number of carboxylic acid groups (broad SMARTS) is 1. The predicted molar refractivity (Wildman–Crippen MR) is 131 cm³/mol. The molecule has 0 bridgehead atoms. The van der Waals surface area contributed by atoms with Crippen molar-refractivity contribution in [3.05, 3.63) is 84.7 Å². The number of rotatable bonds is 7. The van der Waals surface area contributed by atoms with E-state index in [4.69, 9.17) is 4.74 Å². The highest BCUT2D eigenvalue weighted by molar-refractivity contribution is 5.80. The number of nitrogens with zero attached hydrogens (tertiary/aromatic N) is 3. The van der Waals surface area contributed by atoms with Crippen LogP contribution in [0.3, 0.4) is 0 Å². The Morgan fingerprint density at radius 1 is 1.00 bits per heavy atom. The molecule has 0 spiro atoms. The normalized spacial score (nSPS) is 12.4. The summed E-state index contributed by atoms with van der Waals surface area (Å²) in [6.07, 6.45) is 2.26. The zero-order valence-corrected chi connectivity index (χ0v) is 20.5. The molecule has 0 saturated heterocycles. The first-order chi connectivity index (χ1) is 16.6. The lowest BCUT2D eigenvalue weighted by Crippen LogP contribution is -2.54. The Bertz CT molecular complexity index is 1000. The molecule has 35 heavy (non-hydrogen) atoms. The Morgan fingerprint density at radius 3 is 2.00 bits per heavy atom. The molecule has 0 radical (unpaired) electrons. The van der Waals surface area contributed by atoms with Crippen LogP contribution in [0.5, 0.6) is 0 Å². The first kappa shape index (κ1) is 27.3. The predicted octanol–water partition coefficient (Wildman–Crippen LogP) is 2.25. The van der Waals surface area contributed by atoms with Crippen molar-refractivity contribution >= 4 is 23.7 Å². The number of carbonyl (C=O) groups is 2. The molecule has 0 saturated carbocycles. The van der Waals surface area contributed by atoms with Crippen molar-refractivity contribution in [2.45, 2.75) is 45.4 Å². The van der Waals surface area contributed by atoms with Crippen LogP contribution in [-0.4, -0.2) is 40.2 Å². The van der Waals surface area contributed by atoms with Gasteiger partial charge in [0.25, 0.3) is 0 Å². The first-order valence-corrected chi connectivity index (χ1v) is 11.2. The third-order valence-electron chi connectivity index (χ3n) is 4.57. The van der Waals surface area contributed by atoms with Crippen LogP contribution in [0.4, 0.5) is 16.4 Å². The van der Waals surface area contributed by atoms with Crippen molar-refractivity contribution in [1.82, 2.24) is 15.3 Å². The molecule has 2 atom stereocenters. The van der Waals surface area contributed by atoms with E-state index in [9.17, 15) is 14.7 Å². The number of alkyl carbamates (subject to hydrolysis) is 1. The highest BCUT2D eigenvalue weighted by Gasteiger charge is 2.24. The maximum atomic E-state index is 12.0. The van der Waals surface area contributed by atoms with Gasteiger partial charge in [0.1, 0.15) is 11.6 Å². The van der Waals surface area contributed by atoms with E-state index in [0.717, 1.165) is 0 Å². The van der Waals surface area contributed by atoms with Crippen molar-refractivity contribution in [3.63, 3.8) is 0 Å². The van der Waals surface area contributed by atoms with Gasteiger partial charge in [0.05, 0.1) is 18.6 Å². The molecule has 9 nitrogen and oxygen atoms in total. The van der Waals surface area contributed by atoms with Crippen LogP contribution in [0.1, 0.15) is 39.3 Å². The Hall–Kier alpha value is -3.98. The van der Waals surface area contributed by atoms with Crippen LogP contribution in [0.25, 0.3) is 0 Å². The number of hydrogen-bond donors (Lipinski definition) is 2. The molecule has 4 N–H and O–H groups in total. The fourth-order valence-electron chi connectivity index (χ4n) is 2.93. The van der Waals surface area contributed by atoms with E-state index in [1.54, 1.807) is 68.4 Å². The molecule has 1 aromatic heterocycles. The van der Waals surface area contributed by atoms with Crippen molar-refractivity contribution in [2.24, 2.45) is 0 Å².